The number of ether oxygens (including phenoxy) is 1. The van der Waals surface area contributed by atoms with Crippen LogP contribution >= 0.6 is 23.2 Å². The fourth-order valence-corrected chi connectivity index (χ4v) is 3.87. The van der Waals surface area contributed by atoms with Crippen molar-refractivity contribution in [3.63, 3.8) is 0 Å². The quantitative estimate of drug-likeness (QED) is 0.262. The summed E-state index contributed by atoms with van der Waals surface area (Å²) in [5, 5.41) is 12.2. The van der Waals surface area contributed by atoms with E-state index >= 15 is 0 Å². The molecule has 6 nitrogen and oxygen atoms in total. The Morgan fingerprint density at radius 2 is 1.77 bits per heavy atom. The maximum atomic E-state index is 11.0. The summed E-state index contributed by atoms with van der Waals surface area (Å²) < 4.78 is 5.68. The number of hydrogen-bond donors (Lipinski definition) is 0. The molecule has 8 heteroatoms. The first kappa shape index (κ1) is 25.2. The average Bonchev–Trinajstić information content (AvgIpc) is 2.78. The minimum Gasteiger partial charge on any atom is -0.493 e. The number of anilines is 1. The standard InChI is InChI=1S/C21H25Cl2N3O3.C2H6/c1-16-7-8-17(15-20(16)26(27)28)29-14-3-2-9-24-10-12-25(13-11-24)19-6-4-5-18(22)21(19)23;1-2/h4-8,15H,2-3,9-14H2,1H3;1-2H3. The molecule has 3 rings (SSSR count). The van der Waals surface area contributed by atoms with Gasteiger partial charge in [-0.2, -0.15) is 0 Å². The van der Waals surface area contributed by atoms with E-state index in [-0.39, 0.29) is 10.6 Å². The van der Waals surface area contributed by atoms with Gasteiger partial charge in [0.25, 0.3) is 5.69 Å². The van der Waals surface area contributed by atoms with E-state index in [1.165, 1.54) is 6.07 Å². The first-order valence-electron chi connectivity index (χ1n) is 10.7. The maximum absolute atomic E-state index is 11.0. The van der Waals surface area contributed by atoms with Crippen molar-refractivity contribution in [2.75, 3.05) is 44.2 Å². The van der Waals surface area contributed by atoms with Crippen LogP contribution in [0.2, 0.25) is 10.0 Å². The van der Waals surface area contributed by atoms with Gasteiger partial charge < -0.3 is 9.64 Å². The first-order valence-corrected chi connectivity index (χ1v) is 11.5. The number of unbranched alkanes of at least 4 members (excludes halogenated alkanes) is 1. The SMILES string of the molecule is CC.Cc1ccc(OCCCCN2CCN(c3cccc(Cl)c3Cl)CC2)cc1[N+](=O)[O-]. The molecule has 0 bridgehead atoms. The molecule has 1 aliphatic rings. The molecule has 0 aromatic heterocycles. The van der Waals surface area contributed by atoms with E-state index < -0.39 is 0 Å². The smallest absolute Gasteiger partial charge is 0.275 e. The number of benzene rings is 2. The normalized spacial score (nSPS) is 14.0. The largest absolute Gasteiger partial charge is 0.493 e. The predicted octanol–water partition coefficient (Wildman–Crippen LogP) is 6.22. The summed E-state index contributed by atoms with van der Waals surface area (Å²) in [6, 6.07) is 10.7. The molecule has 1 heterocycles. The van der Waals surface area contributed by atoms with Gasteiger partial charge in [0.15, 0.2) is 0 Å². The molecule has 31 heavy (non-hydrogen) atoms. The number of aryl methyl sites for hydroxylation is 1. The van der Waals surface area contributed by atoms with Crippen LogP contribution < -0.4 is 9.64 Å². The van der Waals surface area contributed by atoms with E-state index in [1.807, 2.05) is 26.0 Å². The van der Waals surface area contributed by atoms with Gasteiger partial charge in [-0.1, -0.05) is 43.1 Å². The lowest BCUT2D eigenvalue weighted by atomic mass is 10.2. The molecular formula is C23H31Cl2N3O3. The zero-order valence-corrected chi connectivity index (χ0v) is 20.0. The summed E-state index contributed by atoms with van der Waals surface area (Å²) in [5.41, 5.74) is 1.74. The average molecular weight is 468 g/mol. The Balaban J connectivity index is 0.00000166. The Labute approximate surface area is 194 Å². The molecule has 0 radical (unpaired) electrons. The van der Waals surface area contributed by atoms with Crippen LogP contribution in [0.3, 0.4) is 0 Å². The Hall–Kier alpha value is -2.02. The molecule has 0 unspecified atom stereocenters. The van der Waals surface area contributed by atoms with E-state index in [0.717, 1.165) is 51.3 Å². The van der Waals surface area contributed by atoms with E-state index in [2.05, 4.69) is 9.80 Å². The third-order valence-corrected chi connectivity index (χ3v) is 5.97. The number of hydrogen-bond acceptors (Lipinski definition) is 5. The maximum Gasteiger partial charge on any atom is 0.275 e. The third kappa shape index (κ3) is 7.27. The van der Waals surface area contributed by atoms with Crippen LogP contribution in [-0.2, 0) is 0 Å². The summed E-state index contributed by atoms with van der Waals surface area (Å²) in [6.07, 6.45) is 1.92. The van der Waals surface area contributed by atoms with Crippen molar-refractivity contribution >= 4 is 34.6 Å². The van der Waals surface area contributed by atoms with Crippen LogP contribution in [0.5, 0.6) is 5.75 Å². The fraction of sp³-hybridized carbons (Fsp3) is 0.478. The fourth-order valence-electron chi connectivity index (χ4n) is 3.45. The van der Waals surface area contributed by atoms with Crippen molar-refractivity contribution in [1.82, 2.24) is 4.90 Å². The third-order valence-electron chi connectivity index (χ3n) is 5.16. The van der Waals surface area contributed by atoms with Crippen LogP contribution in [0.1, 0.15) is 32.3 Å². The zero-order valence-electron chi connectivity index (χ0n) is 18.4. The number of nitro benzene ring substituents is 1. The monoisotopic (exact) mass is 467 g/mol. The highest BCUT2D eigenvalue weighted by molar-refractivity contribution is 6.43. The second kappa shape index (κ2) is 12.7. The van der Waals surface area contributed by atoms with Crippen LogP contribution in [0.4, 0.5) is 11.4 Å². The minimum absolute atomic E-state index is 0.0974. The molecule has 2 aromatic carbocycles. The molecule has 1 saturated heterocycles. The molecular weight excluding hydrogens is 437 g/mol. The Morgan fingerprint density at radius 1 is 1.06 bits per heavy atom. The van der Waals surface area contributed by atoms with Gasteiger partial charge in [-0.3, -0.25) is 15.0 Å². The van der Waals surface area contributed by atoms with Crippen LogP contribution in [0.15, 0.2) is 36.4 Å². The number of rotatable bonds is 8. The van der Waals surface area contributed by atoms with Crippen LogP contribution in [-0.4, -0.2) is 49.2 Å². The molecule has 0 saturated carbocycles. The van der Waals surface area contributed by atoms with E-state index in [0.29, 0.717) is 28.0 Å². The second-order valence-electron chi connectivity index (χ2n) is 7.16. The molecule has 0 atom stereocenters. The van der Waals surface area contributed by atoms with Crippen molar-refractivity contribution in [3.05, 3.63) is 62.1 Å². The lowest BCUT2D eigenvalue weighted by Gasteiger charge is -2.36. The second-order valence-corrected chi connectivity index (χ2v) is 7.95. The Morgan fingerprint density at radius 3 is 2.45 bits per heavy atom. The summed E-state index contributed by atoms with van der Waals surface area (Å²) in [4.78, 5) is 15.3. The van der Waals surface area contributed by atoms with Gasteiger partial charge in [-0.15, -0.1) is 0 Å². The van der Waals surface area contributed by atoms with Gasteiger partial charge in [0.1, 0.15) is 5.75 Å². The van der Waals surface area contributed by atoms with Crippen LogP contribution in [0, 0.1) is 17.0 Å². The lowest BCUT2D eigenvalue weighted by Crippen LogP contribution is -2.46. The Bertz CT molecular complexity index is 856. The molecule has 1 fully saturated rings. The summed E-state index contributed by atoms with van der Waals surface area (Å²) in [5.74, 6) is 0.550. The lowest BCUT2D eigenvalue weighted by molar-refractivity contribution is -0.385. The molecule has 0 amide bonds. The zero-order chi connectivity index (χ0) is 22.8. The Kier molecular flexibility index (Phi) is 10.4. The summed E-state index contributed by atoms with van der Waals surface area (Å²) in [6.45, 7) is 11.1. The highest BCUT2D eigenvalue weighted by atomic mass is 35.5. The van der Waals surface area contributed by atoms with Crippen molar-refractivity contribution in [3.8, 4) is 5.75 Å². The molecule has 1 aliphatic heterocycles. The van der Waals surface area contributed by atoms with Gasteiger partial charge in [0.05, 0.1) is 33.3 Å². The molecule has 0 aliphatic carbocycles. The highest BCUT2D eigenvalue weighted by Crippen LogP contribution is 2.32. The van der Waals surface area contributed by atoms with Crippen molar-refractivity contribution < 1.29 is 9.66 Å². The van der Waals surface area contributed by atoms with Gasteiger partial charge in [0, 0.05) is 31.7 Å². The topological polar surface area (TPSA) is 58.8 Å². The minimum atomic E-state index is -0.377. The number of halogens is 2. The van der Waals surface area contributed by atoms with E-state index in [1.54, 1.807) is 25.1 Å². The number of nitro groups is 1. The van der Waals surface area contributed by atoms with Gasteiger partial charge in [-0.05, 0) is 50.6 Å². The van der Waals surface area contributed by atoms with Crippen LogP contribution in [0.25, 0.3) is 0 Å². The van der Waals surface area contributed by atoms with Gasteiger partial charge >= 0.3 is 0 Å². The molecule has 170 valence electrons. The van der Waals surface area contributed by atoms with Gasteiger partial charge in [-0.25, -0.2) is 0 Å². The van der Waals surface area contributed by atoms with Crippen molar-refractivity contribution in [2.45, 2.75) is 33.6 Å². The van der Waals surface area contributed by atoms with Gasteiger partial charge in [0.2, 0.25) is 0 Å². The summed E-state index contributed by atoms with van der Waals surface area (Å²) >= 11 is 12.5. The predicted molar refractivity (Wildman–Crippen MR) is 129 cm³/mol. The number of nitrogens with zero attached hydrogens (tertiary/aromatic N) is 3. The van der Waals surface area contributed by atoms with Crippen molar-refractivity contribution in [1.29, 1.82) is 0 Å². The number of piperazine rings is 1. The summed E-state index contributed by atoms with van der Waals surface area (Å²) in [7, 11) is 0. The van der Waals surface area contributed by atoms with E-state index in [4.69, 9.17) is 27.9 Å². The van der Waals surface area contributed by atoms with Crippen molar-refractivity contribution in [2.24, 2.45) is 0 Å². The first-order chi connectivity index (χ1) is 15.0. The molecule has 2 aromatic rings. The molecule has 0 N–H and O–H groups in total. The highest BCUT2D eigenvalue weighted by Gasteiger charge is 2.19. The van der Waals surface area contributed by atoms with E-state index in [9.17, 15) is 10.1 Å². The molecule has 0 spiro atoms.